The first-order valence-corrected chi connectivity index (χ1v) is 10.4. The van der Waals surface area contributed by atoms with Crippen LogP contribution in [0.1, 0.15) is 37.7 Å². The number of alkyl halides is 3. The molecule has 0 bridgehead atoms. The summed E-state index contributed by atoms with van der Waals surface area (Å²) >= 11 is 0. The van der Waals surface area contributed by atoms with Gasteiger partial charge >= 0.3 is 6.36 Å². The molecule has 2 atom stereocenters. The zero-order valence-corrected chi connectivity index (χ0v) is 17.7. The highest BCUT2D eigenvalue weighted by Gasteiger charge is 2.35. The van der Waals surface area contributed by atoms with E-state index in [9.17, 15) is 27.6 Å². The van der Waals surface area contributed by atoms with Crippen molar-refractivity contribution >= 4 is 29.3 Å². The number of hydrogen-bond donors (Lipinski definition) is 3. The molecule has 12 heteroatoms. The number of benzene rings is 1. The van der Waals surface area contributed by atoms with Crippen LogP contribution in [0.3, 0.4) is 0 Å². The van der Waals surface area contributed by atoms with Crippen molar-refractivity contribution in [2.75, 3.05) is 28.6 Å². The van der Waals surface area contributed by atoms with Crippen LogP contribution >= 0.6 is 0 Å². The second-order valence-electron chi connectivity index (χ2n) is 8.21. The molecule has 0 aliphatic carbocycles. The molecule has 9 nitrogen and oxygen atoms in total. The average molecular weight is 465 g/mol. The van der Waals surface area contributed by atoms with Gasteiger partial charge in [-0.2, -0.15) is 4.98 Å². The van der Waals surface area contributed by atoms with E-state index in [4.69, 9.17) is 0 Å². The maximum Gasteiger partial charge on any atom is 0.573 e. The third-order valence-corrected chi connectivity index (χ3v) is 5.57. The first-order valence-electron chi connectivity index (χ1n) is 10.4. The van der Waals surface area contributed by atoms with Crippen molar-refractivity contribution in [2.24, 2.45) is 5.92 Å². The van der Waals surface area contributed by atoms with Crippen molar-refractivity contribution in [1.29, 1.82) is 0 Å². The first-order chi connectivity index (χ1) is 15.6. The number of nitrogens with zero attached hydrogens (tertiary/aromatic N) is 2. The Hall–Kier alpha value is -3.57. The molecule has 3 heterocycles. The fraction of sp³-hybridized carbons (Fsp3) is 0.429. The predicted octanol–water partition coefficient (Wildman–Crippen LogP) is 2.97. The summed E-state index contributed by atoms with van der Waals surface area (Å²) in [5, 5.41) is 5.10. The molecular weight excluding hydrogens is 443 g/mol. The van der Waals surface area contributed by atoms with Gasteiger partial charge in [-0.3, -0.25) is 19.4 Å². The fourth-order valence-corrected chi connectivity index (χ4v) is 4.08. The summed E-state index contributed by atoms with van der Waals surface area (Å²) in [6, 6.07) is 4.55. The highest BCUT2D eigenvalue weighted by molar-refractivity contribution is 6.04. The van der Waals surface area contributed by atoms with Gasteiger partial charge in [-0.25, -0.2) is 0 Å². The Morgan fingerprint density at radius 2 is 1.97 bits per heavy atom. The number of halogens is 3. The molecule has 1 aromatic heterocycles. The van der Waals surface area contributed by atoms with Gasteiger partial charge in [0, 0.05) is 25.2 Å². The minimum absolute atomic E-state index is 0.0392. The van der Waals surface area contributed by atoms with Gasteiger partial charge in [-0.15, -0.1) is 13.2 Å². The number of aromatic amines is 1. The van der Waals surface area contributed by atoms with Crippen LogP contribution in [-0.4, -0.2) is 41.2 Å². The molecule has 3 N–H and O–H groups in total. The molecule has 1 fully saturated rings. The lowest BCUT2D eigenvalue weighted by Gasteiger charge is -2.32. The van der Waals surface area contributed by atoms with Gasteiger partial charge in [0.25, 0.3) is 5.56 Å². The number of fused-ring (bicyclic) bond motifs is 1. The number of carbonyl (C=O) groups is 2. The van der Waals surface area contributed by atoms with Crippen molar-refractivity contribution in [3.05, 3.63) is 40.2 Å². The summed E-state index contributed by atoms with van der Waals surface area (Å²) in [6.45, 7) is 3.54. The first kappa shape index (κ1) is 22.6. The topological polar surface area (TPSA) is 116 Å². The number of amides is 2. The molecule has 0 saturated carbocycles. The average Bonchev–Trinajstić information content (AvgIpc) is 2.73. The largest absolute Gasteiger partial charge is 0.573 e. The fourth-order valence-electron chi connectivity index (χ4n) is 4.08. The highest BCUT2D eigenvalue weighted by Crippen LogP contribution is 2.31. The molecule has 2 aliphatic rings. The van der Waals surface area contributed by atoms with Crippen molar-refractivity contribution in [1.82, 2.24) is 9.97 Å². The van der Waals surface area contributed by atoms with E-state index < -0.39 is 35.4 Å². The Balaban J connectivity index is 1.55. The van der Waals surface area contributed by atoms with Crippen molar-refractivity contribution in [2.45, 2.75) is 38.5 Å². The molecule has 176 valence electrons. The summed E-state index contributed by atoms with van der Waals surface area (Å²) in [5.41, 5.74) is -0.300. The van der Waals surface area contributed by atoms with Crippen LogP contribution in [0.25, 0.3) is 0 Å². The monoisotopic (exact) mass is 465 g/mol. The Labute approximate surface area is 186 Å². The van der Waals surface area contributed by atoms with Crippen LogP contribution < -0.4 is 25.8 Å². The molecule has 0 spiro atoms. The van der Waals surface area contributed by atoms with Gasteiger partial charge in [0.1, 0.15) is 11.6 Å². The van der Waals surface area contributed by atoms with Gasteiger partial charge in [-0.1, -0.05) is 6.92 Å². The second-order valence-corrected chi connectivity index (χ2v) is 8.21. The summed E-state index contributed by atoms with van der Waals surface area (Å²) in [5.74, 6) is -1.85. The zero-order chi connectivity index (χ0) is 23.8. The molecule has 1 aromatic carbocycles. The van der Waals surface area contributed by atoms with E-state index in [1.165, 1.54) is 12.1 Å². The Bertz CT molecular complexity index is 1120. The smallest absolute Gasteiger partial charge is 0.406 e. The van der Waals surface area contributed by atoms with E-state index in [1.807, 2.05) is 4.90 Å². The maximum atomic E-state index is 12.9. The summed E-state index contributed by atoms with van der Waals surface area (Å²) in [6.07, 6.45) is -3.07. The molecule has 4 rings (SSSR count). The Kier molecular flexibility index (Phi) is 6.00. The van der Waals surface area contributed by atoms with Gasteiger partial charge in [0.15, 0.2) is 0 Å². The van der Waals surface area contributed by atoms with Crippen LogP contribution in [0.4, 0.5) is 30.6 Å². The number of nitrogens with one attached hydrogen (secondary N) is 3. The summed E-state index contributed by atoms with van der Waals surface area (Å²) < 4.78 is 40.7. The predicted molar refractivity (Wildman–Crippen MR) is 113 cm³/mol. The standard InChI is InChI=1S/C21H22F3N5O4/c1-11-3-2-8-29(10-11)20-27-17-16(19(32)28-20)14(9-15(30)26-17)18(31)25-12-4-6-13(7-5-12)33-21(22,23)24/h4-7,11,14H,2-3,8-10H2,1H3,(H,25,31)(H2,26,27,28,30,32). The number of aromatic nitrogens is 2. The second kappa shape index (κ2) is 8.75. The van der Waals surface area contributed by atoms with E-state index in [0.717, 1.165) is 31.5 Å². The number of hydrogen-bond acceptors (Lipinski definition) is 6. The van der Waals surface area contributed by atoms with Gasteiger partial charge in [-0.05, 0) is 43.0 Å². The van der Waals surface area contributed by atoms with Crippen LogP contribution in [0.5, 0.6) is 5.75 Å². The summed E-state index contributed by atoms with van der Waals surface area (Å²) in [4.78, 5) is 47.1. The van der Waals surface area contributed by atoms with Crippen LogP contribution in [0.2, 0.25) is 0 Å². The van der Waals surface area contributed by atoms with Crippen molar-refractivity contribution < 1.29 is 27.5 Å². The quantitative estimate of drug-likeness (QED) is 0.639. The number of ether oxygens (including phenoxy) is 1. The third-order valence-electron chi connectivity index (χ3n) is 5.57. The molecule has 1 saturated heterocycles. The van der Waals surface area contributed by atoms with E-state index in [2.05, 4.69) is 32.3 Å². The van der Waals surface area contributed by atoms with Gasteiger partial charge < -0.3 is 20.3 Å². The molecule has 2 amide bonds. The Morgan fingerprint density at radius 1 is 1.24 bits per heavy atom. The number of H-pyrrole nitrogens is 1. The van der Waals surface area contributed by atoms with Crippen LogP contribution in [0, 0.1) is 5.92 Å². The maximum absolute atomic E-state index is 12.9. The SMILES string of the molecule is CC1CCCN(c2nc3c(c(=O)[nH]2)C(C(=O)Nc2ccc(OC(F)(F)F)cc2)CC(=O)N3)C1. The van der Waals surface area contributed by atoms with E-state index >= 15 is 0 Å². The number of carbonyl (C=O) groups excluding carboxylic acids is 2. The Morgan fingerprint density at radius 3 is 2.64 bits per heavy atom. The zero-order valence-electron chi connectivity index (χ0n) is 17.7. The molecule has 2 aromatic rings. The van der Waals surface area contributed by atoms with Crippen LogP contribution in [0.15, 0.2) is 29.1 Å². The molecule has 33 heavy (non-hydrogen) atoms. The summed E-state index contributed by atoms with van der Waals surface area (Å²) in [7, 11) is 0. The van der Waals surface area contributed by atoms with Gasteiger partial charge in [0.05, 0.1) is 11.5 Å². The van der Waals surface area contributed by atoms with Crippen molar-refractivity contribution in [3.8, 4) is 5.75 Å². The number of anilines is 3. The van der Waals surface area contributed by atoms with E-state index in [1.54, 1.807) is 0 Å². The molecule has 0 radical (unpaired) electrons. The lowest BCUT2D eigenvalue weighted by Crippen LogP contribution is -2.40. The molecule has 2 unspecified atom stereocenters. The highest BCUT2D eigenvalue weighted by atomic mass is 19.4. The normalized spacial score (nSPS) is 20.6. The van der Waals surface area contributed by atoms with E-state index in [0.29, 0.717) is 18.4 Å². The van der Waals surface area contributed by atoms with E-state index in [-0.39, 0.29) is 23.5 Å². The third kappa shape index (κ3) is 5.26. The lowest BCUT2D eigenvalue weighted by molar-refractivity contribution is -0.274. The molecular formula is C21H22F3N5O4. The lowest BCUT2D eigenvalue weighted by atomic mass is 9.92. The van der Waals surface area contributed by atoms with Crippen molar-refractivity contribution in [3.63, 3.8) is 0 Å². The van der Waals surface area contributed by atoms with Gasteiger partial charge in [0.2, 0.25) is 17.8 Å². The van der Waals surface area contributed by atoms with Crippen LogP contribution in [-0.2, 0) is 9.59 Å². The minimum atomic E-state index is -4.83. The minimum Gasteiger partial charge on any atom is -0.406 e. The molecule has 2 aliphatic heterocycles. The number of piperidine rings is 1. The number of rotatable bonds is 4.